The Labute approximate surface area is 105 Å². The van der Waals surface area contributed by atoms with Crippen LogP contribution in [-0.4, -0.2) is 5.11 Å². The van der Waals surface area contributed by atoms with Gasteiger partial charge in [0, 0.05) is 6.42 Å². The maximum absolute atomic E-state index is 13.3. The van der Waals surface area contributed by atoms with Crippen LogP contribution in [0.4, 0.5) is 8.78 Å². The molecule has 0 amide bonds. The molecule has 0 aliphatic rings. The molecule has 0 radical (unpaired) electrons. The molecule has 0 spiro atoms. The third-order valence-corrected chi connectivity index (χ3v) is 3.20. The summed E-state index contributed by atoms with van der Waals surface area (Å²) < 4.78 is 31.2. The minimum Gasteiger partial charge on any atom is -0.469 e. The van der Waals surface area contributed by atoms with Gasteiger partial charge >= 0.3 is 0 Å². The first kappa shape index (κ1) is 12.3. The molecular weight excluding hydrogens is 294 g/mol. The maximum atomic E-state index is 13.3. The summed E-state index contributed by atoms with van der Waals surface area (Å²) in [6.45, 7) is 0. The highest BCUT2D eigenvalue weighted by Gasteiger charge is 2.18. The van der Waals surface area contributed by atoms with Crippen molar-refractivity contribution >= 4 is 15.9 Å². The summed E-state index contributed by atoms with van der Waals surface area (Å²) in [5.74, 6) is -1.37. The summed E-state index contributed by atoms with van der Waals surface area (Å²) in [5, 5.41) is 9.91. The van der Waals surface area contributed by atoms with Crippen LogP contribution in [0, 0.1) is 11.6 Å². The van der Waals surface area contributed by atoms with Crippen molar-refractivity contribution in [1.29, 1.82) is 0 Å². The molecule has 2 nitrogen and oxygen atoms in total. The van der Waals surface area contributed by atoms with E-state index < -0.39 is 17.7 Å². The summed E-state index contributed by atoms with van der Waals surface area (Å²) in [4.78, 5) is 0. The molecule has 90 valence electrons. The van der Waals surface area contributed by atoms with E-state index in [1.165, 1.54) is 12.3 Å². The molecule has 17 heavy (non-hydrogen) atoms. The minimum atomic E-state index is -0.999. The second-order valence-corrected chi connectivity index (χ2v) is 4.36. The summed E-state index contributed by atoms with van der Waals surface area (Å²) in [7, 11) is 0. The quantitative estimate of drug-likeness (QED) is 0.879. The van der Waals surface area contributed by atoms with Gasteiger partial charge < -0.3 is 9.52 Å². The molecule has 2 rings (SSSR count). The van der Waals surface area contributed by atoms with Gasteiger partial charge in [-0.3, -0.25) is 0 Å². The van der Waals surface area contributed by atoms with Crippen LogP contribution in [0.1, 0.15) is 17.4 Å². The molecule has 1 aromatic carbocycles. The van der Waals surface area contributed by atoms with Gasteiger partial charge in [-0.25, -0.2) is 8.78 Å². The fourth-order valence-electron chi connectivity index (χ4n) is 1.53. The van der Waals surface area contributed by atoms with Crippen LogP contribution >= 0.6 is 15.9 Å². The van der Waals surface area contributed by atoms with Gasteiger partial charge in [0.05, 0.1) is 16.8 Å². The molecule has 0 saturated heterocycles. The number of benzene rings is 1. The lowest BCUT2D eigenvalue weighted by Crippen LogP contribution is -2.04. The molecule has 1 N–H and O–H groups in total. The van der Waals surface area contributed by atoms with Gasteiger partial charge in [-0.05, 0) is 39.7 Å². The highest BCUT2D eigenvalue weighted by Crippen LogP contribution is 2.29. The number of hydrogen-bond donors (Lipinski definition) is 1. The van der Waals surface area contributed by atoms with Crippen LogP contribution in [-0.2, 0) is 6.42 Å². The number of rotatable bonds is 3. The Hall–Kier alpha value is -1.20. The molecule has 1 unspecified atom stereocenters. The normalized spacial score (nSPS) is 12.7. The second-order valence-electron chi connectivity index (χ2n) is 3.56. The van der Waals surface area contributed by atoms with Crippen LogP contribution in [0.25, 0.3) is 0 Å². The Kier molecular flexibility index (Phi) is 3.59. The van der Waals surface area contributed by atoms with Crippen LogP contribution in [0.15, 0.2) is 39.4 Å². The van der Waals surface area contributed by atoms with Crippen LogP contribution in [0.2, 0.25) is 0 Å². The average Bonchev–Trinajstić information content (AvgIpc) is 2.78. The third-order valence-electron chi connectivity index (χ3n) is 2.40. The monoisotopic (exact) mass is 302 g/mol. The van der Waals surface area contributed by atoms with E-state index in [1.807, 2.05) is 0 Å². The Balaban J connectivity index is 2.25. The number of halogens is 3. The van der Waals surface area contributed by atoms with Gasteiger partial charge in [0.15, 0.2) is 11.6 Å². The van der Waals surface area contributed by atoms with Crippen molar-refractivity contribution in [3.8, 4) is 0 Å². The Morgan fingerprint density at radius 1 is 1.29 bits per heavy atom. The Bertz CT molecular complexity index is 511. The predicted molar refractivity (Wildman–Crippen MR) is 61.4 cm³/mol. The highest BCUT2D eigenvalue weighted by atomic mass is 79.9. The fourth-order valence-corrected chi connectivity index (χ4v) is 2.11. The Morgan fingerprint density at radius 2 is 2.06 bits per heavy atom. The molecule has 0 saturated carbocycles. The standard InChI is InChI=1S/C12H9BrF2O2/c13-11-8(3-4-9(14)12(11)15)10(16)6-7-2-1-5-17-7/h1-5,10,16H,6H2. The maximum Gasteiger partial charge on any atom is 0.173 e. The van der Waals surface area contributed by atoms with E-state index >= 15 is 0 Å². The van der Waals surface area contributed by atoms with Gasteiger partial charge in [-0.15, -0.1) is 0 Å². The van der Waals surface area contributed by atoms with Crippen molar-refractivity contribution < 1.29 is 18.3 Å². The van der Waals surface area contributed by atoms with Crippen molar-refractivity contribution in [2.45, 2.75) is 12.5 Å². The van der Waals surface area contributed by atoms with Crippen LogP contribution in [0.3, 0.4) is 0 Å². The van der Waals surface area contributed by atoms with Gasteiger partial charge in [0.1, 0.15) is 5.76 Å². The predicted octanol–water partition coefficient (Wildman–Crippen LogP) is 3.60. The summed E-state index contributed by atoms with van der Waals surface area (Å²) >= 11 is 2.93. The molecule has 0 aliphatic carbocycles. The number of hydrogen-bond acceptors (Lipinski definition) is 2. The van der Waals surface area contributed by atoms with E-state index in [1.54, 1.807) is 12.1 Å². The van der Waals surface area contributed by atoms with Crippen molar-refractivity contribution in [2.24, 2.45) is 0 Å². The smallest absolute Gasteiger partial charge is 0.173 e. The number of aliphatic hydroxyl groups excluding tert-OH is 1. The summed E-state index contributed by atoms with van der Waals surface area (Å²) in [5.41, 5.74) is 0.292. The first-order valence-electron chi connectivity index (χ1n) is 4.93. The zero-order chi connectivity index (χ0) is 12.4. The van der Waals surface area contributed by atoms with E-state index in [2.05, 4.69) is 15.9 Å². The molecule has 5 heteroatoms. The van der Waals surface area contributed by atoms with E-state index in [0.717, 1.165) is 6.07 Å². The first-order chi connectivity index (χ1) is 8.09. The Morgan fingerprint density at radius 3 is 2.71 bits per heavy atom. The lowest BCUT2D eigenvalue weighted by Gasteiger charge is -2.12. The van der Waals surface area contributed by atoms with E-state index in [9.17, 15) is 13.9 Å². The topological polar surface area (TPSA) is 33.4 Å². The highest BCUT2D eigenvalue weighted by molar-refractivity contribution is 9.10. The van der Waals surface area contributed by atoms with Crippen molar-refractivity contribution in [2.75, 3.05) is 0 Å². The van der Waals surface area contributed by atoms with Crippen LogP contribution < -0.4 is 0 Å². The van der Waals surface area contributed by atoms with Crippen molar-refractivity contribution in [1.82, 2.24) is 0 Å². The lowest BCUT2D eigenvalue weighted by molar-refractivity contribution is 0.169. The molecule has 0 bridgehead atoms. The SMILES string of the molecule is OC(Cc1ccco1)c1ccc(F)c(F)c1Br. The summed E-state index contributed by atoms with van der Waals surface area (Å²) in [6.07, 6.45) is 0.740. The molecule has 1 heterocycles. The van der Waals surface area contributed by atoms with Gasteiger partial charge in [0.2, 0.25) is 0 Å². The van der Waals surface area contributed by atoms with E-state index in [0.29, 0.717) is 11.3 Å². The molecule has 1 aromatic heterocycles. The second kappa shape index (κ2) is 4.98. The van der Waals surface area contributed by atoms with E-state index in [-0.39, 0.29) is 10.9 Å². The van der Waals surface area contributed by atoms with Crippen LogP contribution in [0.5, 0.6) is 0 Å². The number of aliphatic hydroxyl groups is 1. The van der Waals surface area contributed by atoms with Crippen molar-refractivity contribution in [3.05, 3.63) is 58.0 Å². The number of furan rings is 1. The zero-order valence-electron chi connectivity index (χ0n) is 8.66. The minimum absolute atomic E-state index is 0.0587. The van der Waals surface area contributed by atoms with Gasteiger partial charge in [0.25, 0.3) is 0 Å². The zero-order valence-corrected chi connectivity index (χ0v) is 10.2. The largest absolute Gasteiger partial charge is 0.469 e. The average molecular weight is 303 g/mol. The molecular formula is C12H9BrF2O2. The first-order valence-corrected chi connectivity index (χ1v) is 5.72. The molecule has 2 aromatic rings. The lowest BCUT2D eigenvalue weighted by atomic mass is 10.1. The molecule has 1 atom stereocenters. The van der Waals surface area contributed by atoms with Gasteiger partial charge in [-0.1, -0.05) is 6.07 Å². The van der Waals surface area contributed by atoms with E-state index in [4.69, 9.17) is 4.42 Å². The van der Waals surface area contributed by atoms with Gasteiger partial charge in [-0.2, -0.15) is 0 Å². The molecule has 0 fully saturated rings. The molecule has 0 aliphatic heterocycles. The summed E-state index contributed by atoms with van der Waals surface area (Å²) in [6, 6.07) is 5.73. The van der Waals surface area contributed by atoms with Crippen molar-refractivity contribution in [3.63, 3.8) is 0 Å². The third kappa shape index (κ3) is 2.56. The fraction of sp³-hybridized carbons (Fsp3) is 0.167.